The molecule has 0 radical (unpaired) electrons. The van der Waals surface area contributed by atoms with Crippen LogP contribution in [0.2, 0.25) is 5.02 Å². The molecule has 8 heteroatoms. The van der Waals surface area contributed by atoms with Gasteiger partial charge < -0.3 is 5.32 Å². The Morgan fingerprint density at radius 3 is 2.57 bits per heavy atom. The molecule has 1 fully saturated rings. The molecule has 1 aliphatic heterocycles. The van der Waals surface area contributed by atoms with Crippen LogP contribution in [-0.4, -0.2) is 33.6 Å². The fourth-order valence-electron chi connectivity index (χ4n) is 2.30. The summed E-state index contributed by atoms with van der Waals surface area (Å²) in [6.45, 7) is 1.63. The van der Waals surface area contributed by atoms with E-state index in [0.29, 0.717) is 25.2 Å². The number of rotatable bonds is 5. The predicted molar refractivity (Wildman–Crippen MR) is 79.9 cm³/mol. The zero-order chi connectivity index (χ0) is 15.5. The normalized spacial score (nSPS) is 17.1. The van der Waals surface area contributed by atoms with Gasteiger partial charge in [0.2, 0.25) is 0 Å². The predicted octanol–water partition coefficient (Wildman–Crippen LogP) is 1.88. The van der Waals surface area contributed by atoms with Crippen molar-refractivity contribution in [3.63, 3.8) is 0 Å². The Hall–Kier alpha value is -0.730. The standard InChI is InChI=1S/C13H19ClFN3O2S/c1-16-9-10-7-11(8-12(15)13(10)14)21(19,20)17-18-5-3-2-4-6-18/h7-8,16-17H,2-6,9H2,1H3. The quantitative estimate of drug-likeness (QED) is 0.862. The fraction of sp³-hybridized carbons (Fsp3) is 0.538. The first-order chi connectivity index (χ1) is 9.94. The van der Waals surface area contributed by atoms with Crippen LogP contribution in [-0.2, 0) is 16.6 Å². The van der Waals surface area contributed by atoms with Crippen molar-refractivity contribution in [3.8, 4) is 0 Å². The molecule has 0 aromatic heterocycles. The Morgan fingerprint density at radius 1 is 1.29 bits per heavy atom. The van der Waals surface area contributed by atoms with Gasteiger partial charge in [-0.3, -0.25) is 0 Å². The number of nitrogens with zero attached hydrogens (tertiary/aromatic N) is 1. The van der Waals surface area contributed by atoms with Crippen molar-refractivity contribution in [2.75, 3.05) is 20.1 Å². The summed E-state index contributed by atoms with van der Waals surface area (Å²) in [5.74, 6) is -0.733. The summed E-state index contributed by atoms with van der Waals surface area (Å²) >= 11 is 5.85. The van der Waals surface area contributed by atoms with Gasteiger partial charge in [0.05, 0.1) is 9.92 Å². The summed E-state index contributed by atoms with van der Waals surface area (Å²) in [5, 5.41) is 4.44. The smallest absolute Gasteiger partial charge is 0.253 e. The molecule has 5 nitrogen and oxygen atoms in total. The van der Waals surface area contributed by atoms with Gasteiger partial charge in [-0.25, -0.2) is 17.8 Å². The fourth-order valence-corrected chi connectivity index (χ4v) is 3.66. The summed E-state index contributed by atoms with van der Waals surface area (Å²) < 4.78 is 38.5. The lowest BCUT2D eigenvalue weighted by atomic mass is 10.2. The van der Waals surface area contributed by atoms with E-state index >= 15 is 0 Å². The van der Waals surface area contributed by atoms with Crippen LogP contribution >= 0.6 is 11.6 Å². The Kier molecular flexibility index (Phi) is 5.56. The number of nitrogens with one attached hydrogen (secondary N) is 2. The first-order valence-electron chi connectivity index (χ1n) is 6.84. The molecule has 0 spiro atoms. The van der Waals surface area contributed by atoms with Crippen molar-refractivity contribution in [1.29, 1.82) is 0 Å². The number of hydrogen-bond donors (Lipinski definition) is 2. The molecule has 2 rings (SSSR count). The summed E-state index contributed by atoms with van der Waals surface area (Å²) in [7, 11) is -2.11. The largest absolute Gasteiger partial charge is 0.316 e. The Balaban J connectivity index is 2.26. The highest BCUT2D eigenvalue weighted by molar-refractivity contribution is 7.89. The van der Waals surface area contributed by atoms with Gasteiger partial charge in [-0.1, -0.05) is 18.0 Å². The molecule has 118 valence electrons. The van der Waals surface area contributed by atoms with Crippen LogP contribution < -0.4 is 10.1 Å². The molecule has 0 amide bonds. The zero-order valence-electron chi connectivity index (χ0n) is 11.8. The van der Waals surface area contributed by atoms with Crippen LogP contribution in [0, 0.1) is 5.82 Å². The molecular weight excluding hydrogens is 317 g/mol. The molecule has 21 heavy (non-hydrogen) atoms. The summed E-state index contributed by atoms with van der Waals surface area (Å²) in [6, 6.07) is 2.35. The highest BCUT2D eigenvalue weighted by Crippen LogP contribution is 2.24. The average molecular weight is 336 g/mol. The van der Waals surface area contributed by atoms with Gasteiger partial charge in [0.25, 0.3) is 10.0 Å². The SMILES string of the molecule is CNCc1cc(S(=O)(=O)NN2CCCCC2)cc(F)c1Cl. The minimum Gasteiger partial charge on any atom is -0.316 e. The van der Waals surface area contributed by atoms with Crippen LogP contribution in [0.1, 0.15) is 24.8 Å². The van der Waals surface area contributed by atoms with Gasteiger partial charge in [0, 0.05) is 19.6 Å². The maximum Gasteiger partial charge on any atom is 0.253 e. The minimum absolute atomic E-state index is 0.0544. The second kappa shape index (κ2) is 7.02. The van der Waals surface area contributed by atoms with Gasteiger partial charge in [-0.05, 0) is 37.6 Å². The molecule has 1 aromatic carbocycles. The van der Waals surface area contributed by atoms with Crippen molar-refractivity contribution in [1.82, 2.24) is 15.2 Å². The third-order valence-electron chi connectivity index (χ3n) is 3.36. The summed E-state index contributed by atoms with van der Waals surface area (Å²) in [4.78, 5) is 2.39. The average Bonchev–Trinajstić information content (AvgIpc) is 2.44. The van der Waals surface area contributed by atoms with Crippen molar-refractivity contribution in [2.24, 2.45) is 0 Å². The summed E-state index contributed by atoms with van der Waals surface area (Å²) in [6.07, 6.45) is 2.99. The van der Waals surface area contributed by atoms with Crippen LogP contribution in [0.5, 0.6) is 0 Å². The van der Waals surface area contributed by atoms with E-state index in [9.17, 15) is 12.8 Å². The van der Waals surface area contributed by atoms with E-state index in [1.165, 1.54) is 6.07 Å². The molecule has 0 atom stereocenters. The number of hydrazine groups is 1. The highest BCUT2D eigenvalue weighted by Gasteiger charge is 2.22. The second-order valence-corrected chi connectivity index (χ2v) is 7.09. The highest BCUT2D eigenvalue weighted by atomic mass is 35.5. The summed E-state index contributed by atoms with van der Waals surface area (Å²) in [5.41, 5.74) is 0.415. The molecule has 1 heterocycles. The first-order valence-corrected chi connectivity index (χ1v) is 8.70. The molecule has 0 unspecified atom stereocenters. The van der Waals surface area contributed by atoms with E-state index in [1.54, 1.807) is 12.1 Å². The molecule has 0 bridgehead atoms. The minimum atomic E-state index is -3.79. The van der Waals surface area contributed by atoms with Crippen molar-refractivity contribution >= 4 is 21.6 Å². The van der Waals surface area contributed by atoms with Crippen LogP contribution in [0.15, 0.2) is 17.0 Å². The van der Waals surface area contributed by atoms with E-state index in [1.807, 2.05) is 0 Å². The van der Waals surface area contributed by atoms with E-state index in [0.717, 1.165) is 25.3 Å². The van der Waals surface area contributed by atoms with Gasteiger partial charge in [0.1, 0.15) is 5.82 Å². The Morgan fingerprint density at radius 2 is 1.95 bits per heavy atom. The van der Waals surface area contributed by atoms with Crippen LogP contribution in [0.25, 0.3) is 0 Å². The third-order valence-corrected chi connectivity index (χ3v) is 5.14. The van der Waals surface area contributed by atoms with Crippen molar-refractivity contribution in [2.45, 2.75) is 30.7 Å². The number of sulfonamides is 1. The zero-order valence-corrected chi connectivity index (χ0v) is 13.4. The van der Waals surface area contributed by atoms with Crippen molar-refractivity contribution in [3.05, 3.63) is 28.5 Å². The topological polar surface area (TPSA) is 61.4 Å². The number of halogens is 2. The third kappa shape index (κ3) is 4.14. The molecule has 1 aliphatic rings. The maximum absolute atomic E-state index is 13.8. The lowest BCUT2D eigenvalue weighted by Gasteiger charge is -2.26. The number of piperidine rings is 1. The van der Waals surface area contributed by atoms with E-state index in [4.69, 9.17) is 11.6 Å². The Bertz CT molecular complexity index is 604. The van der Waals surface area contributed by atoms with Gasteiger partial charge in [-0.2, -0.15) is 0 Å². The van der Waals surface area contributed by atoms with E-state index < -0.39 is 15.8 Å². The molecule has 2 N–H and O–H groups in total. The lowest BCUT2D eigenvalue weighted by molar-refractivity contribution is 0.200. The van der Waals surface area contributed by atoms with Crippen LogP contribution in [0.3, 0.4) is 0 Å². The second-order valence-electron chi connectivity index (χ2n) is 5.05. The number of hydrogen-bond acceptors (Lipinski definition) is 4. The van der Waals surface area contributed by atoms with E-state index in [2.05, 4.69) is 10.1 Å². The molecular formula is C13H19ClFN3O2S. The molecule has 0 aliphatic carbocycles. The maximum atomic E-state index is 13.8. The molecule has 0 saturated carbocycles. The van der Waals surface area contributed by atoms with Crippen LogP contribution in [0.4, 0.5) is 4.39 Å². The monoisotopic (exact) mass is 335 g/mol. The van der Waals surface area contributed by atoms with Gasteiger partial charge >= 0.3 is 0 Å². The molecule has 1 saturated heterocycles. The first kappa shape index (κ1) is 16.6. The molecule has 1 aromatic rings. The Labute approximate surface area is 129 Å². The van der Waals surface area contributed by atoms with Crippen molar-refractivity contribution < 1.29 is 12.8 Å². The van der Waals surface area contributed by atoms with E-state index in [-0.39, 0.29) is 9.92 Å². The lowest BCUT2D eigenvalue weighted by Crippen LogP contribution is -2.44. The van der Waals surface area contributed by atoms with Gasteiger partial charge in [0.15, 0.2) is 0 Å². The van der Waals surface area contributed by atoms with Gasteiger partial charge in [-0.15, -0.1) is 4.83 Å². The number of benzene rings is 1.